The first-order chi connectivity index (χ1) is 11.5. The Labute approximate surface area is 168 Å². The van der Waals surface area contributed by atoms with Crippen LogP contribution in [0.3, 0.4) is 0 Å². The summed E-state index contributed by atoms with van der Waals surface area (Å²) in [5, 5.41) is 3.60. The van der Waals surface area contributed by atoms with E-state index in [1.165, 1.54) is 30.6 Å². The molecule has 4 rings (SSSR count). The van der Waals surface area contributed by atoms with E-state index in [4.69, 9.17) is 4.98 Å². The van der Waals surface area contributed by atoms with Crippen molar-refractivity contribution in [1.29, 1.82) is 0 Å². The maximum atomic E-state index is 4.89. The molecule has 2 aromatic heterocycles. The third-order valence-electron chi connectivity index (χ3n) is 4.99. The van der Waals surface area contributed by atoms with Crippen LogP contribution in [-0.4, -0.2) is 27.0 Å². The number of halogens is 2. The van der Waals surface area contributed by atoms with E-state index in [1.54, 1.807) is 0 Å². The van der Waals surface area contributed by atoms with E-state index < -0.39 is 0 Å². The summed E-state index contributed by atoms with van der Waals surface area (Å²) in [6, 6.07) is 8.40. The number of hydrogen-bond donors (Lipinski definition) is 1. The molecule has 0 aliphatic heterocycles. The number of rotatable bonds is 6. The highest BCUT2D eigenvalue weighted by molar-refractivity contribution is 5.85. The van der Waals surface area contributed by atoms with Gasteiger partial charge in [-0.15, -0.1) is 24.8 Å². The Balaban J connectivity index is 0.00000121. The van der Waals surface area contributed by atoms with Gasteiger partial charge in [-0.3, -0.25) is 4.40 Å². The van der Waals surface area contributed by atoms with Crippen LogP contribution in [0.2, 0.25) is 0 Å². The van der Waals surface area contributed by atoms with E-state index in [1.807, 2.05) is 0 Å². The summed E-state index contributed by atoms with van der Waals surface area (Å²) in [6.07, 6.45) is 6.26. The average Bonchev–Trinajstić information content (AvgIpc) is 3.18. The predicted molar refractivity (Wildman–Crippen MR) is 114 cm³/mol. The fourth-order valence-electron chi connectivity index (χ4n) is 3.46. The number of hydrogen-bond acceptors (Lipinski definition) is 2. The van der Waals surface area contributed by atoms with Crippen LogP contribution in [-0.2, 0) is 12.0 Å². The Morgan fingerprint density at radius 2 is 1.88 bits per heavy atom. The number of benzene rings is 1. The molecule has 0 spiro atoms. The number of imidazole rings is 2. The van der Waals surface area contributed by atoms with Crippen LogP contribution >= 0.6 is 24.8 Å². The van der Waals surface area contributed by atoms with Gasteiger partial charge in [0.15, 0.2) is 0 Å². The number of aromatic nitrogens is 3. The van der Waals surface area contributed by atoms with Crippen LogP contribution in [0.4, 0.5) is 0 Å². The highest BCUT2D eigenvalue weighted by Crippen LogP contribution is 2.29. The summed E-state index contributed by atoms with van der Waals surface area (Å²) >= 11 is 0. The molecule has 0 unspecified atom stereocenters. The van der Waals surface area contributed by atoms with E-state index in [0.29, 0.717) is 0 Å². The maximum Gasteiger partial charge on any atom is 0.215 e. The topological polar surface area (TPSA) is 34.3 Å². The smallest absolute Gasteiger partial charge is 0.215 e. The van der Waals surface area contributed by atoms with Crippen LogP contribution < -0.4 is 5.32 Å². The Kier molecular flexibility index (Phi) is 6.65. The summed E-state index contributed by atoms with van der Waals surface area (Å²) in [5.41, 5.74) is 3.75. The van der Waals surface area contributed by atoms with Crippen LogP contribution in [0.5, 0.6) is 0 Å². The van der Waals surface area contributed by atoms with E-state index in [2.05, 4.69) is 65.5 Å². The number of nitrogens with zero attached hydrogens (tertiary/aromatic N) is 3. The van der Waals surface area contributed by atoms with Crippen LogP contribution in [0.1, 0.15) is 45.7 Å². The minimum Gasteiger partial charge on any atom is -0.316 e. The summed E-state index contributed by atoms with van der Waals surface area (Å²) in [6.45, 7) is 10.2. The Bertz CT molecular complexity index is 856. The van der Waals surface area contributed by atoms with Crippen LogP contribution in [0, 0.1) is 5.92 Å². The lowest BCUT2D eigenvalue weighted by atomic mass is 9.92. The molecule has 1 aromatic carbocycles. The molecule has 26 heavy (non-hydrogen) atoms. The number of fused-ring (bicyclic) bond motifs is 3. The van der Waals surface area contributed by atoms with Gasteiger partial charge in [-0.25, -0.2) is 4.98 Å². The van der Waals surface area contributed by atoms with Crippen LogP contribution in [0.15, 0.2) is 30.5 Å². The quantitative estimate of drug-likeness (QED) is 0.605. The van der Waals surface area contributed by atoms with Gasteiger partial charge in [0.1, 0.15) is 0 Å². The second-order valence-corrected chi connectivity index (χ2v) is 8.19. The molecule has 1 aliphatic rings. The molecule has 6 heteroatoms. The lowest BCUT2D eigenvalue weighted by molar-refractivity contribution is 0.501. The molecule has 1 saturated carbocycles. The number of aryl methyl sites for hydroxylation is 1. The second-order valence-electron chi connectivity index (χ2n) is 8.19. The van der Waals surface area contributed by atoms with E-state index in [0.717, 1.165) is 36.7 Å². The first-order valence-electron chi connectivity index (χ1n) is 9.21. The molecule has 4 nitrogen and oxygen atoms in total. The molecule has 0 radical (unpaired) electrons. The maximum absolute atomic E-state index is 4.89. The third-order valence-corrected chi connectivity index (χ3v) is 4.99. The van der Waals surface area contributed by atoms with E-state index in [-0.39, 0.29) is 30.2 Å². The van der Waals surface area contributed by atoms with Crippen molar-refractivity contribution in [3.05, 3.63) is 36.2 Å². The molecule has 2 heterocycles. The van der Waals surface area contributed by atoms with Gasteiger partial charge in [0.2, 0.25) is 5.78 Å². The van der Waals surface area contributed by atoms with Gasteiger partial charge in [-0.05, 0) is 50.4 Å². The monoisotopic (exact) mass is 396 g/mol. The van der Waals surface area contributed by atoms with Gasteiger partial charge in [0, 0.05) is 23.9 Å². The van der Waals surface area contributed by atoms with Gasteiger partial charge in [0.25, 0.3) is 0 Å². The SMILES string of the molecule is CC(C)(C)c1cn2c3ccccc3nc2n1CCCNCC1CC1.Cl.Cl. The fourth-order valence-corrected chi connectivity index (χ4v) is 3.46. The van der Waals surface area contributed by atoms with Gasteiger partial charge in [-0.1, -0.05) is 32.9 Å². The predicted octanol–water partition coefficient (Wildman–Crippen LogP) is 4.82. The van der Waals surface area contributed by atoms with Crippen molar-refractivity contribution < 1.29 is 0 Å². The summed E-state index contributed by atoms with van der Waals surface area (Å²) < 4.78 is 4.67. The van der Waals surface area contributed by atoms with Crippen molar-refractivity contribution in [2.75, 3.05) is 13.1 Å². The Morgan fingerprint density at radius 3 is 2.58 bits per heavy atom. The van der Waals surface area contributed by atoms with E-state index in [9.17, 15) is 0 Å². The molecular formula is C20H30Cl2N4. The molecule has 1 N–H and O–H groups in total. The molecule has 1 aliphatic carbocycles. The number of nitrogens with one attached hydrogen (secondary N) is 1. The summed E-state index contributed by atoms with van der Waals surface area (Å²) in [4.78, 5) is 4.89. The van der Waals surface area contributed by atoms with Gasteiger partial charge in [0.05, 0.1) is 11.0 Å². The lowest BCUT2D eigenvalue weighted by Gasteiger charge is -2.21. The zero-order chi connectivity index (χ0) is 16.7. The fraction of sp³-hybridized carbons (Fsp3) is 0.550. The van der Waals surface area contributed by atoms with Crippen LogP contribution in [0.25, 0.3) is 16.8 Å². The largest absolute Gasteiger partial charge is 0.316 e. The van der Waals surface area contributed by atoms with Crippen molar-refractivity contribution in [2.24, 2.45) is 5.92 Å². The lowest BCUT2D eigenvalue weighted by Crippen LogP contribution is -2.22. The second kappa shape index (κ2) is 8.20. The Hall–Kier alpha value is -1.23. The van der Waals surface area contributed by atoms with Crippen molar-refractivity contribution in [3.8, 4) is 0 Å². The summed E-state index contributed by atoms with van der Waals surface area (Å²) in [5.74, 6) is 2.02. The van der Waals surface area contributed by atoms with Crippen molar-refractivity contribution in [1.82, 2.24) is 19.3 Å². The minimum absolute atomic E-state index is 0. The van der Waals surface area contributed by atoms with Crippen molar-refractivity contribution in [2.45, 2.75) is 52.0 Å². The number of para-hydroxylation sites is 2. The zero-order valence-electron chi connectivity index (χ0n) is 15.9. The first kappa shape index (κ1) is 21.1. The standard InChI is InChI=1S/C20H28N4.2ClH/c1-20(2,3)18-14-24-17-8-5-4-7-16(17)22-19(24)23(18)12-6-11-21-13-15-9-10-15;;/h4-5,7-8,14-15,21H,6,9-13H2,1-3H3;2*1H. The first-order valence-corrected chi connectivity index (χ1v) is 9.21. The van der Waals surface area contributed by atoms with Crippen molar-refractivity contribution >= 4 is 41.6 Å². The molecule has 0 amide bonds. The minimum atomic E-state index is 0. The highest BCUT2D eigenvalue weighted by Gasteiger charge is 2.23. The van der Waals surface area contributed by atoms with Crippen molar-refractivity contribution in [3.63, 3.8) is 0 Å². The van der Waals surface area contributed by atoms with Gasteiger partial charge >= 0.3 is 0 Å². The molecule has 0 bridgehead atoms. The molecular weight excluding hydrogens is 367 g/mol. The molecule has 0 saturated heterocycles. The van der Waals surface area contributed by atoms with E-state index >= 15 is 0 Å². The zero-order valence-corrected chi connectivity index (χ0v) is 17.5. The molecule has 1 fully saturated rings. The third kappa shape index (κ3) is 4.19. The normalized spacial score (nSPS) is 14.4. The molecule has 0 atom stereocenters. The molecule has 144 valence electrons. The average molecular weight is 397 g/mol. The summed E-state index contributed by atoms with van der Waals surface area (Å²) in [7, 11) is 0. The highest BCUT2D eigenvalue weighted by atomic mass is 35.5. The molecule has 3 aromatic rings. The Morgan fingerprint density at radius 1 is 1.15 bits per heavy atom. The van der Waals surface area contributed by atoms with Gasteiger partial charge < -0.3 is 9.88 Å². The van der Waals surface area contributed by atoms with Gasteiger partial charge in [-0.2, -0.15) is 0 Å².